The summed E-state index contributed by atoms with van der Waals surface area (Å²) in [6, 6.07) is 5.14. The van der Waals surface area contributed by atoms with Crippen LogP contribution in [0.3, 0.4) is 0 Å². The highest BCUT2D eigenvalue weighted by molar-refractivity contribution is 6.31. The number of aliphatic carboxylic acids is 1. The van der Waals surface area contributed by atoms with Crippen LogP contribution in [0.4, 0.5) is 8.78 Å². The maximum absolute atomic E-state index is 16.2. The lowest BCUT2D eigenvalue weighted by Gasteiger charge is -2.43. The number of ether oxygens (including phenoxy) is 2. The van der Waals surface area contributed by atoms with Crippen LogP contribution in [0.15, 0.2) is 36.4 Å². The largest absolute Gasteiger partial charge is 0.480 e. The Morgan fingerprint density at radius 1 is 1.23 bits per heavy atom. The van der Waals surface area contributed by atoms with E-state index in [1.165, 1.54) is 42.2 Å². The minimum absolute atomic E-state index is 0.00963. The van der Waals surface area contributed by atoms with E-state index in [1.54, 1.807) is 13.8 Å². The van der Waals surface area contributed by atoms with E-state index in [4.69, 9.17) is 38.4 Å². The molecule has 14 heteroatoms. The molecular formula is C33H38Cl2F2N4O6. The summed E-state index contributed by atoms with van der Waals surface area (Å²) in [5, 5.41) is 24.7. The maximum atomic E-state index is 16.2. The van der Waals surface area contributed by atoms with Gasteiger partial charge < -0.3 is 25.6 Å². The van der Waals surface area contributed by atoms with Gasteiger partial charge in [0, 0.05) is 36.0 Å². The highest BCUT2D eigenvalue weighted by atomic mass is 35.5. The number of nitriles is 1. The van der Waals surface area contributed by atoms with Crippen molar-refractivity contribution in [1.29, 1.82) is 5.26 Å². The summed E-state index contributed by atoms with van der Waals surface area (Å²) in [4.78, 5) is 39.9. The Balaban J connectivity index is 2.11. The van der Waals surface area contributed by atoms with Crippen molar-refractivity contribution in [3.63, 3.8) is 0 Å². The average Bonchev–Trinajstić information content (AvgIpc) is 3.44. The molecule has 254 valence electrons. The van der Waals surface area contributed by atoms with Crippen molar-refractivity contribution in [1.82, 2.24) is 10.2 Å². The molecule has 0 spiro atoms. The molecule has 10 nitrogen and oxygen atoms in total. The summed E-state index contributed by atoms with van der Waals surface area (Å²) in [5.74, 6) is -7.51. The molecule has 6 atom stereocenters. The summed E-state index contributed by atoms with van der Waals surface area (Å²) in [6.45, 7) is 8.30. The van der Waals surface area contributed by atoms with E-state index >= 15 is 8.78 Å². The molecule has 47 heavy (non-hydrogen) atoms. The van der Waals surface area contributed by atoms with Gasteiger partial charge in [-0.15, -0.1) is 0 Å². The zero-order chi connectivity index (χ0) is 35.1. The van der Waals surface area contributed by atoms with Crippen LogP contribution in [0.1, 0.15) is 64.5 Å². The van der Waals surface area contributed by atoms with Gasteiger partial charge in [0.2, 0.25) is 11.8 Å². The molecule has 2 heterocycles. The number of amides is 2. The second-order valence-electron chi connectivity index (χ2n) is 13.3. The Labute approximate surface area is 282 Å². The van der Waals surface area contributed by atoms with E-state index in [2.05, 4.69) is 11.4 Å². The number of carbonyl (C=O) groups excluding carboxylic acids is 2. The second-order valence-corrected chi connectivity index (χ2v) is 14.1. The normalized spacial score (nSPS) is 26.5. The van der Waals surface area contributed by atoms with Crippen molar-refractivity contribution in [3.8, 4) is 6.07 Å². The number of rotatable bonds is 11. The molecule has 0 saturated carbocycles. The third-order valence-corrected chi connectivity index (χ3v) is 9.59. The lowest BCUT2D eigenvalue weighted by molar-refractivity contribution is -0.159. The van der Waals surface area contributed by atoms with Crippen molar-refractivity contribution in [3.05, 3.63) is 69.2 Å². The summed E-state index contributed by atoms with van der Waals surface area (Å²) in [6.07, 6.45) is -0.804. The van der Waals surface area contributed by atoms with Crippen LogP contribution < -0.4 is 11.1 Å². The van der Waals surface area contributed by atoms with Gasteiger partial charge in [-0.2, -0.15) is 5.26 Å². The molecule has 0 aliphatic carbocycles. The minimum atomic E-state index is -2.17. The van der Waals surface area contributed by atoms with Gasteiger partial charge in [0.15, 0.2) is 5.79 Å². The first-order valence-electron chi connectivity index (χ1n) is 15.0. The molecule has 4 rings (SSSR count). The predicted octanol–water partition coefficient (Wildman–Crippen LogP) is 4.90. The van der Waals surface area contributed by atoms with Crippen molar-refractivity contribution in [2.45, 2.75) is 88.8 Å². The number of hydrogen-bond donors (Lipinski definition) is 3. The number of hydrogen-bond acceptors (Lipinski definition) is 7. The van der Waals surface area contributed by atoms with E-state index in [9.17, 15) is 24.8 Å². The van der Waals surface area contributed by atoms with Crippen LogP contribution in [-0.2, 0) is 29.3 Å². The Bertz CT molecular complexity index is 1600. The number of nitrogens with two attached hydrogens (primary N) is 1. The first-order valence-corrected chi connectivity index (χ1v) is 15.8. The average molecular weight is 696 g/mol. The molecular weight excluding hydrogens is 657 g/mol. The third-order valence-electron chi connectivity index (χ3n) is 9.06. The van der Waals surface area contributed by atoms with E-state index in [0.29, 0.717) is 6.42 Å². The third kappa shape index (κ3) is 7.10. The highest BCUT2D eigenvalue weighted by Crippen LogP contribution is 2.58. The summed E-state index contributed by atoms with van der Waals surface area (Å²) in [7, 11) is 0. The minimum Gasteiger partial charge on any atom is -0.480 e. The lowest BCUT2D eigenvalue weighted by atomic mass is 9.62. The molecule has 2 saturated heterocycles. The predicted molar refractivity (Wildman–Crippen MR) is 169 cm³/mol. The van der Waals surface area contributed by atoms with E-state index in [1.807, 2.05) is 13.8 Å². The molecule has 2 fully saturated rings. The van der Waals surface area contributed by atoms with E-state index in [0.717, 1.165) is 6.07 Å². The van der Waals surface area contributed by atoms with Gasteiger partial charge in [0.1, 0.15) is 35.2 Å². The highest BCUT2D eigenvalue weighted by Gasteiger charge is 2.68. The monoisotopic (exact) mass is 694 g/mol. The van der Waals surface area contributed by atoms with Crippen LogP contribution in [0, 0.1) is 28.4 Å². The lowest BCUT2D eigenvalue weighted by Crippen LogP contribution is -2.60. The van der Waals surface area contributed by atoms with Gasteiger partial charge in [-0.05, 0) is 55.9 Å². The second kappa shape index (κ2) is 13.6. The molecule has 2 aromatic carbocycles. The van der Waals surface area contributed by atoms with Gasteiger partial charge in [-0.1, -0.05) is 55.2 Å². The van der Waals surface area contributed by atoms with Crippen LogP contribution in [-0.4, -0.2) is 71.0 Å². The van der Waals surface area contributed by atoms with Crippen molar-refractivity contribution in [2.75, 3.05) is 13.2 Å². The van der Waals surface area contributed by atoms with Crippen molar-refractivity contribution < 1.29 is 37.7 Å². The van der Waals surface area contributed by atoms with Gasteiger partial charge >= 0.3 is 5.97 Å². The molecule has 0 bridgehead atoms. The fourth-order valence-corrected chi connectivity index (χ4v) is 7.45. The topological polar surface area (TPSA) is 155 Å². The fraction of sp³-hybridized carbons (Fsp3) is 0.515. The molecule has 2 aromatic rings. The van der Waals surface area contributed by atoms with Crippen molar-refractivity contribution in [2.24, 2.45) is 11.1 Å². The van der Waals surface area contributed by atoms with Gasteiger partial charge in [-0.3, -0.25) is 19.3 Å². The quantitative estimate of drug-likeness (QED) is 0.300. The number of likely N-dealkylation sites (tertiary alicyclic amines) is 1. The smallest absolute Gasteiger partial charge is 0.321 e. The number of nitrogens with one attached hydrogen (secondary N) is 1. The fourth-order valence-electron chi connectivity index (χ4n) is 7.11. The molecule has 2 amide bonds. The number of carboxylic acids is 1. The molecule has 4 N–H and O–H groups in total. The van der Waals surface area contributed by atoms with Crippen LogP contribution in [0.25, 0.3) is 0 Å². The molecule has 2 aliphatic rings. The molecule has 2 aliphatic heterocycles. The molecule has 0 aromatic heterocycles. The van der Waals surface area contributed by atoms with Crippen molar-refractivity contribution >= 4 is 41.0 Å². The number of benzene rings is 2. The maximum Gasteiger partial charge on any atom is 0.321 e. The van der Waals surface area contributed by atoms with Gasteiger partial charge in [0.05, 0.1) is 17.7 Å². The summed E-state index contributed by atoms with van der Waals surface area (Å²) in [5.41, 5.74) is 2.55. The summed E-state index contributed by atoms with van der Waals surface area (Å²) >= 11 is 12.3. The SMILES string of the molecule is CC(=O)NCCC(C)(C)C[C@@H]1N(C(C(N)=O)[C@H]2COC(C)(C)O2)[C@@H](C(=O)O)[C@H](c2cccc(Cl)c2F)[C@@]1(C#N)c1ccc(Cl)cc1F. The zero-order valence-corrected chi connectivity index (χ0v) is 28.2. The molecule has 0 radical (unpaired) electrons. The number of carbonyl (C=O) groups is 3. The van der Waals surface area contributed by atoms with Crippen LogP contribution >= 0.6 is 23.2 Å². The van der Waals surface area contributed by atoms with Crippen LogP contribution in [0.5, 0.6) is 0 Å². The first kappa shape index (κ1) is 36.5. The van der Waals surface area contributed by atoms with Gasteiger partial charge in [0.25, 0.3) is 0 Å². The Kier molecular flexibility index (Phi) is 10.6. The summed E-state index contributed by atoms with van der Waals surface area (Å²) < 4.78 is 44.1. The number of primary amides is 1. The molecule has 1 unspecified atom stereocenters. The standard InChI is InChI=1S/C33H38Cl2F2N4O6/c1-17(42)40-12-11-31(2,3)14-24-33(16-38,20-10-9-18(34)13-22(20)36)25(19-7-6-8-21(35)26(19)37)28(30(44)45)41(24)27(29(39)43)23-15-46-32(4,5)47-23/h6-10,13,23-25,27-28H,11-12,14-15H2,1-5H3,(H2,39,43)(H,40,42)(H,44,45)/t23-,24+,25+,27?,28-,33+/m1/s1. The van der Waals surface area contributed by atoms with E-state index < -0.39 is 70.3 Å². The zero-order valence-electron chi connectivity index (χ0n) is 26.7. The number of halogens is 4. The Hall–Kier alpha value is -3.34. The Morgan fingerprint density at radius 3 is 2.45 bits per heavy atom. The van der Waals surface area contributed by atoms with Gasteiger partial charge in [-0.25, -0.2) is 8.78 Å². The first-order chi connectivity index (χ1) is 21.9. The van der Waals surface area contributed by atoms with Crippen LogP contribution in [0.2, 0.25) is 10.0 Å². The number of nitrogens with zero attached hydrogens (tertiary/aromatic N) is 2. The Morgan fingerprint density at radius 2 is 1.91 bits per heavy atom. The number of carboxylic acid groups (broad SMARTS) is 1. The van der Waals surface area contributed by atoms with E-state index in [-0.39, 0.29) is 46.7 Å².